The molecule has 1 N–H and O–H groups in total. The van der Waals surface area contributed by atoms with Crippen LogP contribution in [0, 0.1) is 0 Å². The van der Waals surface area contributed by atoms with Crippen LogP contribution in [0.2, 0.25) is 0 Å². The summed E-state index contributed by atoms with van der Waals surface area (Å²) in [7, 11) is 0. The summed E-state index contributed by atoms with van der Waals surface area (Å²) in [5.41, 5.74) is 1.30. The second-order valence-corrected chi connectivity index (χ2v) is 3.12. The molecule has 0 heterocycles. The molecule has 1 rings (SSSR count). The van der Waals surface area contributed by atoms with Gasteiger partial charge in [-0.2, -0.15) is 0 Å². The standard InChI is InChI=1S/C12H14O2/c13-12(14)10-6-2-5-9-11-7-3-1-4-8-11/h1,3-4,6-8,10H,2,5,9H2,(H,13,14). The number of carbonyl (C=O) groups is 1. The van der Waals surface area contributed by atoms with E-state index in [0.29, 0.717) is 0 Å². The summed E-state index contributed by atoms with van der Waals surface area (Å²) in [6.45, 7) is 0. The van der Waals surface area contributed by atoms with E-state index in [1.807, 2.05) is 18.2 Å². The van der Waals surface area contributed by atoms with E-state index in [4.69, 9.17) is 5.11 Å². The zero-order valence-corrected chi connectivity index (χ0v) is 8.02. The number of aryl methyl sites for hydroxylation is 1. The molecule has 0 atom stereocenters. The van der Waals surface area contributed by atoms with Crippen molar-refractivity contribution in [1.29, 1.82) is 0 Å². The maximum Gasteiger partial charge on any atom is 0.327 e. The molecule has 0 unspecified atom stereocenters. The van der Waals surface area contributed by atoms with Crippen molar-refractivity contribution in [3.05, 3.63) is 48.0 Å². The Bertz CT molecular complexity index is 301. The summed E-state index contributed by atoms with van der Waals surface area (Å²) in [6.07, 6.45) is 5.72. The van der Waals surface area contributed by atoms with Gasteiger partial charge in [0.2, 0.25) is 0 Å². The van der Waals surface area contributed by atoms with E-state index in [1.54, 1.807) is 6.08 Å². The predicted octanol–water partition coefficient (Wildman–Crippen LogP) is 2.65. The van der Waals surface area contributed by atoms with Crippen LogP contribution in [0.4, 0.5) is 0 Å². The van der Waals surface area contributed by atoms with Crippen molar-refractivity contribution in [2.45, 2.75) is 19.3 Å². The molecule has 0 aliphatic rings. The summed E-state index contributed by atoms with van der Waals surface area (Å²) in [5, 5.41) is 8.34. The lowest BCUT2D eigenvalue weighted by atomic mass is 10.1. The van der Waals surface area contributed by atoms with Crippen molar-refractivity contribution < 1.29 is 9.90 Å². The fraction of sp³-hybridized carbons (Fsp3) is 0.250. The zero-order valence-electron chi connectivity index (χ0n) is 8.02. The predicted molar refractivity (Wildman–Crippen MR) is 56.2 cm³/mol. The normalized spacial score (nSPS) is 10.6. The number of benzene rings is 1. The van der Waals surface area contributed by atoms with Crippen LogP contribution in [0.15, 0.2) is 42.5 Å². The number of allylic oxidation sites excluding steroid dienone is 1. The highest BCUT2D eigenvalue weighted by atomic mass is 16.4. The first kappa shape index (κ1) is 10.5. The van der Waals surface area contributed by atoms with Crippen molar-refractivity contribution in [1.82, 2.24) is 0 Å². The van der Waals surface area contributed by atoms with E-state index in [0.717, 1.165) is 19.3 Å². The zero-order chi connectivity index (χ0) is 10.2. The molecule has 1 aromatic carbocycles. The fourth-order valence-electron chi connectivity index (χ4n) is 1.25. The average Bonchev–Trinajstić information content (AvgIpc) is 2.18. The van der Waals surface area contributed by atoms with Crippen molar-refractivity contribution in [2.75, 3.05) is 0 Å². The third kappa shape index (κ3) is 4.45. The number of carboxylic acid groups (broad SMARTS) is 1. The quantitative estimate of drug-likeness (QED) is 0.572. The molecule has 0 aliphatic carbocycles. The molecular weight excluding hydrogens is 176 g/mol. The van der Waals surface area contributed by atoms with E-state index in [2.05, 4.69) is 12.1 Å². The first-order valence-corrected chi connectivity index (χ1v) is 4.72. The minimum atomic E-state index is -0.871. The van der Waals surface area contributed by atoms with Crippen LogP contribution in [-0.2, 0) is 11.2 Å². The number of aliphatic carboxylic acids is 1. The van der Waals surface area contributed by atoms with E-state index in [9.17, 15) is 4.79 Å². The van der Waals surface area contributed by atoms with Crippen molar-refractivity contribution in [2.24, 2.45) is 0 Å². The summed E-state index contributed by atoms with van der Waals surface area (Å²) in [6, 6.07) is 10.2. The van der Waals surface area contributed by atoms with Crippen molar-refractivity contribution >= 4 is 5.97 Å². The average molecular weight is 190 g/mol. The summed E-state index contributed by atoms with van der Waals surface area (Å²) >= 11 is 0. The van der Waals surface area contributed by atoms with Crippen LogP contribution in [0.1, 0.15) is 18.4 Å². The van der Waals surface area contributed by atoms with Gasteiger partial charge >= 0.3 is 5.97 Å². The first-order valence-electron chi connectivity index (χ1n) is 4.72. The van der Waals surface area contributed by atoms with Gasteiger partial charge in [0, 0.05) is 6.08 Å². The molecule has 0 bridgehead atoms. The maximum absolute atomic E-state index is 10.1. The molecule has 2 heteroatoms. The van der Waals surface area contributed by atoms with Gasteiger partial charge in [-0.05, 0) is 24.8 Å². The lowest BCUT2D eigenvalue weighted by Gasteiger charge is -1.97. The molecule has 0 aromatic heterocycles. The summed E-state index contributed by atoms with van der Waals surface area (Å²) in [5.74, 6) is -0.871. The molecule has 0 aliphatic heterocycles. The van der Waals surface area contributed by atoms with E-state index >= 15 is 0 Å². The number of unbranched alkanes of at least 4 members (excludes halogenated alkanes) is 1. The van der Waals surface area contributed by atoms with Gasteiger partial charge in [0.1, 0.15) is 0 Å². The SMILES string of the molecule is O=C(O)C=CCCCc1ccccc1. The molecule has 0 radical (unpaired) electrons. The molecule has 14 heavy (non-hydrogen) atoms. The Balaban J connectivity index is 2.19. The number of hydrogen-bond donors (Lipinski definition) is 1. The van der Waals surface area contributed by atoms with Crippen LogP contribution >= 0.6 is 0 Å². The summed E-state index contributed by atoms with van der Waals surface area (Å²) in [4.78, 5) is 10.1. The third-order valence-corrected chi connectivity index (χ3v) is 1.94. The highest BCUT2D eigenvalue weighted by Gasteiger charge is 1.90. The highest BCUT2D eigenvalue weighted by Crippen LogP contribution is 2.04. The lowest BCUT2D eigenvalue weighted by molar-refractivity contribution is -0.131. The Morgan fingerprint density at radius 3 is 2.64 bits per heavy atom. The highest BCUT2D eigenvalue weighted by molar-refractivity contribution is 5.79. The molecule has 2 nitrogen and oxygen atoms in total. The molecule has 0 spiro atoms. The first-order chi connectivity index (χ1) is 6.79. The van der Waals surface area contributed by atoms with Gasteiger partial charge in [0.05, 0.1) is 0 Å². The molecule has 0 saturated carbocycles. The lowest BCUT2D eigenvalue weighted by Crippen LogP contribution is -1.87. The Kier molecular flexibility index (Phi) is 4.48. The third-order valence-electron chi connectivity index (χ3n) is 1.94. The Labute approximate surface area is 83.9 Å². The smallest absolute Gasteiger partial charge is 0.327 e. The van der Waals surface area contributed by atoms with Gasteiger partial charge in [0.15, 0.2) is 0 Å². The molecular formula is C12H14O2. The molecule has 1 aromatic rings. The maximum atomic E-state index is 10.1. The van der Waals surface area contributed by atoms with E-state index in [1.165, 1.54) is 11.6 Å². The Morgan fingerprint density at radius 2 is 2.00 bits per heavy atom. The molecule has 0 fully saturated rings. The minimum Gasteiger partial charge on any atom is -0.478 e. The molecule has 74 valence electrons. The topological polar surface area (TPSA) is 37.3 Å². The van der Waals surface area contributed by atoms with Gasteiger partial charge < -0.3 is 5.11 Å². The van der Waals surface area contributed by atoms with Crippen LogP contribution in [0.3, 0.4) is 0 Å². The van der Waals surface area contributed by atoms with Gasteiger partial charge in [-0.3, -0.25) is 0 Å². The van der Waals surface area contributed by atoms with Crippen LogP contribution in [0.5, 0.6) is 0 Å². The minimum absolute atomic E-state index is 0.821. The summed E-state index contributed by atoms with van der Waals surface area (Å²) < 4.78 is 0. The van der Waals surface area contributed by atoms with Crippen LogP contribution in [0.25, 0.3) is 0 Å². The Morgan fingerprint density at radius 1 is 1.29 bits per heavy atom. The van der Waals surface area contributed by atoms with Crippen LogP contribution < -0.4 is 0 Å². The van der Waals surface area contributed by atoms with Crippen molar-refractivity contribution in [3.8, 4) is 0 Å². The van der Waals surface area contributed by atoms with Gasteiger partial charge in [-0.1, -0.05) is 36.4 Å². The number of hydrogen-bond acceptors (Lipinski definition) is 1. The number of carboxylic acids is 1. The largest absolute Gasteiger partial charge is 0.478 e. The Hall–Kier alpha value is -1.57. The van der Waals surface area contributed by atoms with Gasteiger partial charge in [0.25, 0.3) is 0 Å². The molecule has 0 amide bonds. The van der Waals surface area contributed by atoms with Crippen molar-refractivity contribution in [3.63, 3.8) is 0 Å². The second-order valence-electron chi connectivity index (χ2n) is 3.12. The fourth-order valence-corrected chi connectivity index (χ4v) is 1.25. The number of rotatable bonds is 5. The monoisotopic (exact) mass is 190 g/mol. The van der Waals surface area contributed by atoms with Gasteiger partial charge in [-0.15, -0.1) is 0 Å². The van der Waals surface area contributed by atoms with Crippen LogP contribution in [-0.4, -0.2) is 11.1 Å². The molecule has 0 saturated heterocycles. The van der Waals surface area contributed by atoms with Gasteiger partial charge in [-0.25, -0.2) is 4.79 Å². The van der Waals surface area contributed by atoms with E-state index in [-0.39, 0.29) is 0 Å². The second kappa shape index (κ2) is 5.97. The van der Waals surface area contributed by atoms with E-state index < -0.39 is 5.97 Å².